The molecule has 264 valence electrons. The molecule has 0 saturated carbocycles. The number of nitrogens with zero attached hydrogens (tertiary/aromatic N) is 3. The predicted octanol–water partition coefficient (Wildman–Crippen LogP) is 14.6. The molecule has 0 spiro atoms. The molecule has 0 aliphatic carbocycles. The summed E-state index contributed by atoms with van der Waals surface area (Å²) >= 11 is 0. The molecule has 5 nitrogen and oxygen atoms in total. The van der Waals surface area contributed by atoms with Gasteiger partial charge in [-0.15, -0.1) is 0 Å². The number of rotatable bonds is 7. The normalized spacial score (nSPS) is 11.6. The van der Waals surface area contributed by atoms with Gasteiger partial charge in [-0.3, -0.25) is 0 Å². The summed E-state index contributed by atoms with van der Waals surface area (Å²) < 4.78 is 13.2. The zero-order chi connectivity index (χ0) is 37.0. The lowest BCUT2D eigenvalue weighted by Crippen LogP contribution is -2.14. The van der Waals surface area contributed by atoms with Crippen molar-refractivity contribution < 1.29 is 8.83 Å². The smallest absolute Gasteiger partial charge is 0.227 e. The quantitative estimate of drug-likeness (QED) is 0.164. The molecular formula is C51H33N3O2. The van der Waals surface area contributed by atoms with Gasteiger partial charge in [0.2, 0.25) is 5.89 Å². The van der Waals surface area contributed by atoms with E-state index in [1.165, 1.54) is 5.39 Å². The van der Waals surface area contributed by atoms with Gasteiger partial charge in [-0.05, 0) is 95.0 Å². The van der Waals surface area contributed by atoms with Gasteiger partial charge in [-0.2, -0.15) is 0 Å². The lowest BCUT2D eigenvalue weighted by molar-refractivity contribution is 0.620. The van der Waals surface area contributed by atoms with Crippen molar-refractivity contribution in [2.24, 2.45) is 0 Å². The van der Waals surface area contributed by atoms with Gasteiger partial charge in [0.25, 0.3) is 0 Å². The molecule has 0 radical (unpaired) electrons. The van der Waals surface area contributed by atoms with E-state index >= 15 is 0 Å². The largest absolute Gasteiger partial charge is 0.456 e. The molecule has 0 fully saturated rings. The number of furan rings is 1. The van der Waals surface area contributed by atoms with E-state index in [4.69, 9.17) is 13.8 Å². The second-order valence-electron chi connectivity index (χ2n) is 14.0. The molecule has 0 N–H and O–H groups in total. The second kappa shape index (κ2) is 13.0. The van der Waals surface area contributed by atoms with Crippen LogP contribution in [0.4, 0.5) is 34.1 Å². The van der Waals surface area contributed by atoms with Crippen LogP contribution in [0.2, 0.25) is 0 Å². The van der Waals surface area contributed by atoms with E-state index in [0.29, 0.717) is 11.5 Å². The zero-order valence-electron chi connectivity index (χ0n) is 30.2. The molecule has 5 heteroatoms. The van der Waals surface area contributed by atoms with Crippen molar-refractivity contribution in [2.45, 2.75) is 0 Å². The number of anilines is 6. The summed E-state index contributed by atoms with van der Waals surface area (Å²) in [6, 6.07) is 69.7. The van der Waals surface area contributed by atoms with Gasteiger partial charge in [0.15, 0.2) is 5.58 Å². The molecule has 11 rings (SSSR count). The molecule has 11 aromatic rings. The van der Waals surface area contributed by atoms with Crippen LogP contribution in [0.5, 0.6) is 0 Å². The first kappa shape index (κ1) is 31.9. The highest BCUT2D eigenvalue weighted by molar-refractivity contribution is 6.08. The Kier molecular flexibility index (Phi) is 7.42. The van der Waals surface area contributed by atoms with Gasteiger partial charge in [-0.25, -0.2) is 4.98 Å². The monoisotopic (exact) mass is 719 g/mol. The number of hydrogen-bond donors (Lipinski definition) is 0. The minimum atomic E-state index is 0.563. The van der Waals surface area contributed by atoms with Crippen LogP contribution >= 0.6 is 0 Å². The van der Waals surface area contributed by atoms with Crippen LogP contribution in [-0.2, 0) is 0 Å². The van der Waals surface area contributed by atoms with Crippen molar-refractivity contribution in [3.05, 3.63) is 200 Å². The van der Waals surface area contributed by atoms with Crippen LogP contribution in [-0.4, -0.2) is 4.98 Å². The van der Waals surface area contributed by atoms with Crippen LogP contribution in [0.1, 0.15) is 0 Å². The maximum Gasteiger partial charge on any atom is 0.227 e. The summed E-state index contributed by atoms with van der Waals surface area (Å²) in [4.78, 5) is 9.86. The minimum Gasteiger partial charge on any atom is -0.456 e. The maximum absolute atomic E-state index is 6.93. The van der Waals surface area contributed by atoms with Gasteiger partial charge in [0, 0.05) is 38.8 Å². The fraction of sp³-hybridized carbons (Fsp3) is 0. The molecule has 2 heterocycles. The Morgan fingerprint density at radius 3 is 1.84 bits per heavy atom. The van der Waals surface area contributed by atoms with Crippen molar-refractivity contribution in [3.8, 4) is 11.5 Å². The first-order valence-corrected chi connectivity index (χ1v) is 18.8. The molecule has 0 unspecified atom stereocenters. The molecule has 2 aromatic heterocycles. The number of hydrogen-bond acceptors (Lipinski definition) is 5. The first-order chi connectivity index (χ1) is 27.7. The predicted molar refractivity (Wildman–Crippen MR) is 231 cm³/mol. The van der Waals surface area contributed by atoms with Crippen molar-refractivity contribution in [1.29, 1.82) is 0 Å². The average Bonchev–Trinajstić information content (AvgIpc) is 3.87. The summed E-state index contributed by atoms with van der Waals surface area (Å²) in [6.45, 7) is 0. The van der Waals surface area contributed by atoms with Gasteiger partial charge in [-0.1, -0.05) is 121 Å². The third kappa shape index (κ3) is 5.37. The van der Waals surface area contributed by atoms with Crippen LogP contribution in [0.3, 0.4) is 0 Å². The van der Waals surface area contributed by atoms with E-state index < -0.39 is 0 Å². The van der Waals surface area contributed by atoms with Crippen LogP contribution < -0.4 is 9.80 Å². The van der Waals surface area contributed by atoms with Crippen molar-refractivity contribution in [2.75, 3.05) is 9.80 Å². The van der Waals surface area contributed by atoms with Gasteiger partial charge in [0.05, 0.1) is 17.1 Å². The lowest BCUT2D eigenvalue weighted by atomic mass is 10.1. The molecular weight excluding hydrogens is 687 g/mol. The summed E-state index contributed by atoms with van der Waals surface area (Å²) in [5, 5.41) is 6.72. The Hall–Kier alpha value is -7.63. The highest BCUT2D eigenvalue weighted by Gasteiger charge is 2.25. The van der Waals surface area contributed by atoms with E-state index in [-0.39, 0.29) is 0 Å². The summed E-state index contributed by atoms with van der Waals surface area (Å²) in [7, 11) is 0. The molecule has 0 aliphatic rings. The third-order valence-electron chi connectivity index (χ3n) is 10.6. The number of oxazole rings is 1. The maximum atomic E-state index is 6.93. The first-order valence-electron chi connectivity index (χ1n) is 18.8. The standard InChI is InChI=1S/C51H33N3O2/c1-3-18-38(19-4-1)53(40-28-29-49-44(31-40)43-23-11-12-25-48(43)55-49)41-32-45-50(56-51(52-45)37-27-26-34-14-7-8-16-36(34)30-37)47(33-41)54(39-20-5-2-6-21-39)46-24-13-17-35-15-9-10-22-42(35)46/h1-33H. The van der Waals surface area contributed by atoms with Crippen molar-refractivity contribution in [3.63, 3.8) is 0 Å². The molecule has 0 saturated heterocycles. The third-order valence-corrected chi connectivity index (χ3v) is 10.6. The van der Waals surface area contributed by atoms with Gasteiger partial charge in [0.1, 0.15) is 16.7 Å². The van der Waals surface area contributed by atoms with E-state index in [2.05, 4.69) is 192 Å². The minimum absolute atomic E-state index is 0.563. The van der Waals surface area contributed by atoms with E-state index in [9.17, 15) is 0 Å². The highest BCUT2D eigenvalue weighted by Crippen LogP contribution is 2.47. The number of para-hydroxylation sites is 3. The molecule has 0 amide bonds. The van der Waals surface area contributed by atoms with Crippen LogP contribution in [0, 0.1) is 0 Å². The van der Waals surface area contributed by atoms with Crippen LogP contribution in [0.15, 0.2) is 209 Å². The SMILES string of the molecule is c1ccc(N(c2cc(N(c3ccccc3)c3cccc4ccccc34)c3oc(-c4ccc5ccccc5c4)nc3c2)c2ccc3oc4ccccc4c3c2)cc1. The van der Waals surface area contributed by atoms with Gasteiger partial charge >= 0.3 is 0 Å². The van der Waals surface area contributed by atoms with E-state index in [1.807, 2.05) is 18.2 Å². The second-order valence-corrected chi connectivity index (χ2v) is 14.0. The average molecular weight is 720 g/mol. The fourth-order valence-electron chi connectivity index (χ4n) is 8.01. The molecule has 9 aromatic carbocycles. The number of aromatic nitrogens is 1. The zero-order valence-corrected chi connectivity index (χ0v) is 30.2. The Labute approximate surface area is 322 Å². The summed E-state index contributed by atoms with van der Waals surface area (Å²) in [5.74, 6) is 0.563. The Bertz CT molecular complexity index is 3220. The highest BCUT2D eigenvalue weighted by atomic mass is 16.3. The summed E-state index contributed by atoms with van der Waals surface area (Å²) in [5.41, 5.74) is 9.93. The van der Waals surface area contributed by atoms with E-state index in [1.54, 1.807) is 0 Å². The Morgan fingerprint density at radius 1 is 0.357 bits per heavy atom. The van der Waals surface area contributed by atoms with Crippen molar-refractivity contribution in [1.82, 2.24) is 4.98 Å². The molecule has 56 heavy (non-hydrogen) atoms. The molecule has 0 aliphatic heterocycles. The number of benzene rings is 9. The van der Waals surface area contributed by atoms with E-state index in [0.717, 1.165) is 83.3 Å². The Morgan fingerprint density at radius 2 is 1.02 bits per heavy atom. The van der Waals surface area contributed by atoms with Gasteiger partial charge < -0.3 is 18.6 Å². The molecule has 0 bridgehead atoms. The summed E-state index contributed by atoms with van der Waals surface area (Å²) in [6.07, 6.45) is 0. The topological polar surface area (TPSA) is 45.7 Å². The lowest BCUT2D eigenvalue weighted by Gasteiger charge is -2.30. The number of fused-ring (bicyclic) bond motifs is 6. The van der Waals surface area contributed by atoms with Crippen molar-refractivity contribution >= 4 is 88.7 Å². The Balaban J connectivity index is 1.20. The fourth-order valence-corrected chi connectivity index (χ4v) is 8.01. The molecule has 0 atom stereocenters. The van der Waals surface area contributed by atoms with Crippen LogP contribution in [0.25, 0.3) is 66.0 Å².